The molecular formula is C11H15ClN2OS. The predicted octanol–water partition coefficient (Wildman–Crippen LogP) is 2.11. The number of nitrogens with zero attached hydrogens (tertiary/aromatic N) is 1. The molecule has 0 spiro atoms. The zero-order valence-corrected chi connectivity index (χ0v) is 11.0. The molecule has 0 aliphatic carbocycles. The molecule has 1 fully saturated rings. The van der Waals surface area contributed by atoms with Gasteiger partial charge in [0.05, 0.1) is 16.4 Å². The van der Waals surface area contributed by atoms with E-state index < -0.39 is 5.54 Å². The van der Waals surface area contributed by atoms with Crippen molar-refractivity contribution in [3.63, 3.8) is 0 Å². The molecule has 0 atom stereocenters. The van der Waals surface area contributed by atoms with Gasteiger partial charge in [0.2, 0.25) is 5.91 Å². The highest BCUT2D eigenvalue weighted by Crippen LogP contribution is 2.24. The molecule has 1 amide bonds. The van der Waals surface area contributed by atoms with E-state index in [1.807, 2.05) is 30.9 Å². The molecule has 88 valence electrons. The molecule has 1 aliphatic rings. The van der Waals surface area contributed by atoms with E-state index in [0.717, 1.165) is 22.3 Å². The normalized spacial score (nSPS) is 20.2. The minimum Gasteiger partial charge on any atom is -0.335 e. The number of carbonyl (C=O) groups is 1. The second-order valence-corrected chi connectivity index (χ2v) is 6.28. The Balaban J connectivity index is 2.07. The minimum absolute atomic E-state index is 0.156. The van der Waals surface area contributed by atoms with Crippen LogP contribution < -0.4 is 5.32 Å². The Bertz CT molecular complexity index is 402. The molecule has 2 rings (SSSR count). The second kappa shape index (κ2) is 4.35. The summed E-state index contributed by atoms with van der Waals surface area (Å²) < 4.78 is 0.775. The molecule has 0 radical (unpaired) electrons. The fourth-order valence-electron chi connectivity index (χ4n) is 1.85. The van der Waals surface area contributed by atoms with E-state index in [1.165, 1.54) is 11.3 Å². The quantitative estimate of drug-likeness (QED) is 0.881. The number of halogens is 1. The van der Waals surface area contributed by atoms with Crippen molar-refractivity contribution >= 4 is 28.8 Å². The van der Waals surface area contributed by atoms with Crippen LogP contribution in [0.15, 0.2) is 12.1 Å². The summed E-state index contributed by atoms with van der Waals surface area (Å²) in [6.45, 7) is 6.11. The number of hydrogen-bond acceptors (Lipinski definition) is 3. The smallest absolute Gasteiger partial charge is 0.242 e. The Hall–Kier alpha value is -0.580. The molecule has 1 saturated heterocycles. The summed E-state index contributed by atoms with van der Waals surface area (Å²) in [6, 6.07) is 3.86. The van der Waals surface area contributed by atoms with Gasteiger partial charge in [0.1, 0.15) is 0 Å². The van der Waals surface area contributed by atoms with Gasteiger partial charge in [-0.3, -0.25) is 4.79 Å². The van der Waals surface area contributed by atoms with Crippen molar-refractivity contribution in [3.05, 3.63) is 21.3 Å². The molecule has 0 unspecified atom stereocenters. The van der Waals surface area contributed by atoms with E-state index in [0.29, 0.717) is 6.54 Å². The van der Waals surface area contributed by atoms with Gasteiger partial charge in [-0.1, -0.05) is 11.6 Å². The largest absolute Gasteiger partial charge is 0.335 e. The van der Waals surface area contributed by atoms with Crippen LogP contribution in [0.2, 0.25) is 4.34 Å². The average Bonchev–Trinajstić information content (AvgIpc) is 2.59. The molecule has 2 heterocycles. The number of amides is 1. The number of piperazine rings is 1. The van der Waals surface area contributed by atoms with Crippen LogP contribution in [0.5, 0.6) is 0 Å². The molecule has 1 aromatic heterocycles. The highest BCUT2D eigenvalue weighted by atomic mass is 35.5. The maximum atomic E-state index is 12.1. The lowest BCUT2D eigenvalue weighted by Crippen LogP contribution is -2.60. The topological polar surface area (TPSA) is 32.3 Å². The lowest BCUT2D eigenvalue weighted by Gasteiger charge is -2.37. The maximum Gasteiger partial charge on any atom is 0.242 e. The van der Waals surface area contributed by atoms with Crippen LogP contribution in [0.4, 0.5) is 0 Å². The zero-order valence-electron chi connectivity index (χ0n) is 9.42. The first-order chi connectivity index (χ1) is 7.49. The minimum atomic E-state index is -0.445. The third-order valence-corrected chi connectivity index (χ3v) is 3.96. The Morgan fingerprint density at radius 1 is 1.56 bits per heavy atom. The van der Waals surface area contributed by atoms with E-state index in [1.54, 1.807) is 0 Å². The van der Waals surface area contributed by atoms with E-state index >= 15 is 0 Å². The van der Waals surface area contributed by atoms with Gasteiger partial charge >= 0.3 is 0 Å². The van der Waals surface area contributed by atoms with Crippen molar-refractivity contribution in [2.45, 2.75) is 25.9 Å². The lowest BCUT2D eigenvalue weighted by molar-refractivity contribution is -0.140. The van der Waals surface area contributed by atoms with E-state index in [4.69, 9.17) is 11.6 Å². The highest BCUT2D eigenvalue weighted by Gasteiger charge is 2.35. The molecular weight excluding hydrogens is 244 g/mol. The molecule has 1 aliphatic heterocycles. The summed E-state index contributed by atoms with van der Waals surface area (Å²) in [5, 5.41) is 3.22. The predicted molar refractivity (Wildman–Crippen MR) is 66.8 cm³/mol. The molecule has 0 saturated carbocycles. The van der Waals surface area contributed by atoms with Gasteiger partial charge in [0.15, 0.2) is 0 Å². The van der Waals surface area contributed by atoms with E-state index in [9.17, 15) is 4.79 Å². The fourth-order valence-corrected chi connectivity index (χ4v) is 2.95. The monoisotopic (exact) mass is 258 g/mol. The van der Waals surface area contributed by atoms with Gasteiger partial charge in [-0.2, -0.15) is 0 Å². The third-order valence-electron chi connectivity index (χ3n) is 2.75. The molecule has 16 heavy (non-hydrogen) atoms. The van der Waals surface area contributed by atoms with Gasteiger partial charge in [-0.15, -0.1) is 11.3 Å². The molecule has 0 bridgehead atoms. The van der Waals surface area contributed by atoms with Crippen LogP contribution in [0.25, 0.3) is 0 Å². The maximum absolute atomic E-state index is 12.1. The molecule has 5 heteroatoms. The van der Waals surface area contributed by atoms with Crippen LogP contribution >= 0.6 is 22.9 Å². The van der Waals surface area contributed by atoms with E-state index in [-0.39, 0.29) is 5.91 Å². The summed E-state index contributed by atoms with van der Waals surface area (Å²) in [5.41, 5.74) is -0.445. The molecule has 0 aromatic carbocycles. The number of thiophene rings is 1. The van der Waals surface area contributed by atoms with Crippen LogP contribution in [0, 0.1) is 0 Å². The van der Waals surface area contributed by atoms with Crippen molar-refractivity contribution in [3.8, 4) is 0 Å². The van der Waals surface area contributed by atoms with Crippen molar-refractivity contribution in [1.29, 1.82) is 0 Å². The Labute approximate surface area is 104 Å². The van der Waals surface area contributed by atoms with Crippen LogP contribution in [0.1, 0.15) is 18.7 Å². The van der Waals surface area contributed by atoms with Crippen LogP contribution in [0.3, 0.4) is 0 Å². The highest BCUT2D eigenvalue weighted by molar-refractivity contribution is 7.16. The van der Waals surface area contributed by atoms with Gasteiger partial charge in [-0.25, -0.2) is 0 Å². The standard InChI is InChI=1S/C11H15ClN2OS/c1-11(2)10(15)14(6-5-13-11)7-8-3-4-9(12)16-8/h3-4,13H,5-7H2,1-2H3. The van der Waals surface area contributed by atoms with Gasteiger partial charge in [-0.05, 0) is 26.0 Å². The Morgan fingerprint density at radius 3 is 2.94 bits per heavy atom. The molecule has 3 nitrogen and oxygen atoms in total. The lowest BCUT2D eigenvalue weighted by atomic mass is 10.0. The number of rotatable bonds is 2. The van der Waals surface area contributed by atoms with Crippen LogP contribution in [-0.4, -0.2) is 29.4 Å². The number of hydrogen-bond donors (Lipinski definition) is 1. The van der Waals surface area contributed by atoms with Crippen LogP contribution in [-0.2, 0) is 11.3 Å². The molecule has 1 aromatic rings. The average molecular weight is 259 g/mol. The second-order valence-electron chi connectivity index (χ2n) is 4.48. The van der Waals surface area contributed by atoms with E-state index in [2.05, 4.69) is 5.32 Å². The van der Waals surface area contributed by atoms with Crippen molar-refractivity contribution in [2.24, 2.45) is 0 Å². The fraction of sp³-hybridized carbons (Fsp3) is 0.545. The summed E-state index contributed by atoms with van der Waals surface area (Å²) in [7, 11) is 0. The van der Waals surface area contributed by atoms with Gasteiger partial charge in [0.25, 0.3) is 0 Å². The summed E-state index contributed by atoms with van der Waals surface area (Å²) in [5.74, 6) is 0.156. The summed E-state index contributed by atoms with van der Waals surface area (Å²) in [6.07, 6.45) is 0. The SMILES string of the molecule is CC1(C)NCCN(Cc2ccc(Cl)s2)C1=O. The van der Waals surface area contributed by atoms with Gasteiger partial charge in [0, 0.05) is 18.0 Å². The van der Waals surface area contributed by atoms with Crippen molar-refractivity contribution in [2.75, 3.05) is 13.1 Å². The molecule has 1 N–H and O–H groups in total. The first-order valence-electron chi connectivity index (χ1n) is 5.28. The zero-order chi connectivity index (χ0) is 11.8. The number of nitrogens with one attached hydrogen (secondary N) is 1. The first-order valence-corrected chi connectivity index (χ1v) is 6.47. The third kappa shape index (κ3) is 2.39. The summed E-state index contributed by atoms with van der Waals surface area (Å²) in [4.78, 5) is 15.1. The Kier molecular flexibility index (Phi) is 3.24. The van der Waals surface area contributed by atoms with Gasteiger partial charge < -0.3 is 10.2 Å². The van der Waals surface area contributed by atoms with Crippen molar-refractivity contribution < 1.29 is 4.79 Å². The first kappa shape index (κ1) is 11.9. The summed E-state index contributed by atoms with van der Waals surface area (Å²) >= 11 is 7.41. The number of carbonyl (C=O) groups excluding carboxylic acids is 1. The Morgan fingerprint density at radius 2 is 2.31 bits per heavy atom. The van der Waals surface area contributed by atoms with Crippen molar-refractivity contribution in [1.82, 2.24) is 10.2 Å².